The number of fused-ring (bicyclic) bond motifs is 2. The molecule has 0 atom stereocenters. The molecule has 0 radical (unpaired) electrons. The summed E-state index contributed by atoms with van der Waals surface area (Å²) >= 11 is 0. The number of benzene rings is 2. The normalized spacial score (nSPS) is 22.3. The van der Waals surface area contributed by atoms with Crippen LogP contribution in [0.15, 0.2) is 83.3 Å². The number of aliphatic hydroxyl groups excluding tert-OH is 1. The van der Waals surface area contributed by atoms with Crippen LogP contribution in [-0.4, -0.2) is 33.3 Å². The van der Waals surface area contributed by atoms with Crippen molar-refractivity contribution in [3.63, 3.8) is 0 Å². The monoisotopic (exact) mass is 481 g/mol. The van der Waals surface area contributed by atoms with Crippen molar-refractivity contribution in [1.29, 1.82) is 0 Å². The van der Waals surface area contributed by atoms with E-state index in [0.717, 1.165) is 11.4 Å². The van der Waals surface area contributed by atoms with Crippen molar-refractivity contribution in [3.05, 3.63) is 94.4 Å². The van der Waals surface area contributed by atoms with E-state index in [-0.39, 0.29) is 34.5 Å². The Hall–Kier alpha value is -3.40. The molecule has 0 spiro atoms. The van der Waals surface area contributed by atoms with Crippen molar-refractivity contribution in [3.8, 4) is 0 Å². The van der Waals surface area contributed by atoms with Crippen LogP contribution in [0.2, 0.25) is 0 Å². The van der Waals surface area contributed by atoms with E-state index < -0.39 is 0 Å². The SMILES string of the molecule is CC(C)N1C(=CC2=C(O)C(=CC3=[N+](C(C)C)c4ccccc4C3(C)C)C2=O)C(C)(C)c2ccccc21. The fourth-order valence-electron chi connectivity index (χ4n) is 6.16. The lowest BCUT2D eigenvalue weighted by molar-refractivity contribution is -0.472. The molecule has 2 aromatic rings. The lowest BCUT2D eigenvalue weighted by Crippen LogP contribution is -2.34. The van der Waals surface area contributed by atoms with Crippen LogP contribution in [0.5, 0.6) is 0 Å². The van der Waals surface area contributed by atoms with Gasteiger partial charge >= 0.3 is 0 Å². The molecule has 36 heavy (non-hydrogen) atoms. The number of para-hydroxylation sites is 2. The molecule has 4 nitrogen and oxygen atoms in total. The molecule has 0 aromatic heterocycles. The van der Waals surface area contributed by atoms with Crippen LogP contribution in [0.3, 0.4) is 0 Å². The highest BCUT2D eigenvalue weighted by Gasteiger charge is 2.48. The molecule has 186 valence electrons. The summed E-state index contributed by atoms with van der Waals surface area (Å²) in [5.41, 5.74) is 7.14. The molecule has 3 aliphatic rings. The van der Waals surface area contributed by atoms with E-state index in [0.29, 0.717) is 11.1 Å². The van der Waals surface area contributed by atoms with Crippen molar-refractivity contribution < 1.29 is 14.5 Å². The van der Waals surface area contributed by atoms with Gasteiger partial charge in [-0.1, -0.05) is 50.2 Å². The third-order valence-electron chi connectivity index (χ3n) is 8.07. The van der Waals surface area contributed by atoms with E-state index >= 15 is 0 Å². The first kappa shape index (κ1) is 24.3. The van der Waals surface area contributed by atoms with E-state index in [4.69, 9.17) is 0 Å². The van der Waals surface area contributed by atoms with E-state index in [1.165, 1.54) is 22.5 Å². The first-order chi connectivity index (χ1) is 16.9. The maximum Gasteiger partial charge on any atom is 0.209 e. The molecule has 0 fully saturated rings. The largest absolute Gasteiger partial charge is 0.506 e. The molecule has 2 aromatic carbocycles. The van der Waals surface area contributed by atoms with Crippen molar-refractivity contribution in [2.24, 2.45) is 0 Å². The second-order valence-corrected chi connectivity index (χ2v) is 11.8. The number of aliphatic hydroxyl groups is 1. The van der Waals surface area contributed by atoms with Crippen LogP contribution in [0.1, 0.15) is 66.5 Å². The van der Waals surface area contributed by atoms with E-state index in [9.17, 15) is 9.90 Å². The van der Waals surface area contributed by atoms with Crippen LogP contribution in [0.25, 0.3) is 0 Å². The highest BCUT2D eigenvalue weighted by atomic mass is 16.3. The van der Waals surface area contributed by atoms with Crippen molar-refractivity contribution in [2.45, 2.75) is 78.3 Å². The van der Waals surface area contributed by atoms with Gasteiger partial charge in [-0.15, -0.1) is 0 Å². The highest BCUT2D eigenvalue weighted by Crippen LogP contribution is 2.50. The second kappa shape index (κ2) is 8.06. The number of carbonyl (C=O) groups excluding carboxylic acids is 1. The fraction of sp³-hybridized carbons (Fsp3) is 0.375. The molecule has 0 amide bonds. The zero-order valence-electron chi connectivity index (χ0n) is 22.7. The summed E-state index contributed by atoms with van der Waals surface area (Å²) in [4.78, 5) is 15.8. The summed E-state index contributed by atoms with van der Waals surface area (Å²) in [6.45, 7) is 17.4. The molecule has 0 saturated carbocycles. The number of Topliss-reactive ketones (excluding diaryl/α,β-unsaturated/α-hetero) is 1. The Morgan fingerprint density at radius 2 is 1.47 bits per heavy atom. The lowest BCUT2D eigenvalue weighted by Gasteiger charge is -2.31. The Balaban J connectivity index is 1.61. The summed E-state index contributed by atoms with van der Waals surface area (Å²) in [7, 11) is 0. The van der Waals surface area contributed by atoms with Crippen LogP contribution >= 0.6 is 0 Å². The molecule has 0 bridgehead atoms. The molecule has 2 heterocycles. The predicted molar refractivity (Wildman–Crippen MR) is 147 cm³/mol. The first-order valence-corrected chi connectivity index (χ1v) is 13.0. The first-order valence-electron chi connectivity index (χ1n) is 13.0. The number of carbonyl (C=O) groups is 1. The number of hydrogen-bond acceptors (Lipinski definition) is 3. The fourth-order valence-corrected chi connectivity index (χ4v) is 6.16. The average molecular weight is 482 g/mol. The van der Waals surface area contributed by atoms with Crippen molar-refractivity contribution in [1.82, 2.24) is 0 Å². The van der Waals surface area contributed by atoms with Crippen LogP contribution in [0.4, 0.5) is 11.4 Å². The smallest absolute Gasteiger partial charge is 0.209 e. The van der Waals surface area contributed by atoms with Gasteiger partial charge in [0.2, 0.25) is 11.5 Å². The van der Waals surface area contributed by atoms with Gasteiger partial charge in [-0.25, -0.2) is 0 Å². The van der Waals surface area contributed by atoms with Gasteiger partial charge in [-0.3, -0.25) is 4.79 Å². The van der Waals surface area contributed by atoms with Gasteiger partial charge in [0.15, 0.2) is 11.8 Å². The summed E-state index contributed by atoms with van der Waals surface area (Å²) in [5, 5.41) is 11.2. The quantitative estimate of drug-likeness (QED) is 0.382. The maximum atomic E-state index is 13.5. The number of allylic oxidation sites excluding steroid dienone is 5. The molecule has 5 rings (SSSR count). The summed E-state index contributed by atoms with van der Waals surface area (Å²) in [6.07, 6.45) is 3.82. The third kappa shape index (κ3) is 3.27. The van der Waals surface area contributed by atoms with Gasteiger partial charge in [-0.05, 0) is 59.2 Å². The van der Waals surface area contributed by atoms with E-state index in [1.54, 1.807) is 0 Å². The van der Waals surface area contributed by atoms with E-state index in [2.05, 4.69) is 113 Å². The van der Waals surface area contributed by atoms with Gasteiger partial charge in [-0.2, -0.15) is 4.58 Å². The Morgan fingerprint density at radius 1 is 0.861 bits per heavy atom. The number of rotatable bonds is 4. The second-order valence-electron chi connectivity index (χ2n) is 11.8. The standard InChI is InChI=1S/C32H36N2O2/c1-19(2)33-25-15-11-9-13-23(25)31(5,6)27(33)17-21-29(35)22(30(21)36)18-28-32(7,8)24-14-10-12-16-26(24)34(28)20(3)4/h9-20H,1-8H3/p+1. The minimum Gasteiger partial charge on any atom is -0.506 e. The van der Waals surface area contributed by atoms with Crippen molar-refractivity contribution >= 4 is 22.9 Å². The van der Waals surface area contributed by atoms with Crippen LogP contribution in [-0.2, 0) is 15.6 Å². The molecule has 2 aliphatic heterocycles. The zero-order chi connectivity index (χ0) is 26.2. The third-order valence-corrected chi connectivity index (χ3v) is 8.07. The zero-order valence-corrected chi connectivity index (χ0v) is 22.7. The minimum atomic E-state index is -0.272. The van der Waals surface area contributed by atoms with Crippen LogP contribution in [0, 0.1) is 0 Å². The Kier molecular flexibility index (Phi) is 5.44. The molecule has 1 N–H and O–H groups in total. The Labute approximate surface area is 215 Å². The number of ketones is 1. The summed E-state index contributed by atoms with van der Waals surface area (Å²) in [5.74, 6) is -0.00986. The van der Waals surface area contributed by atoms with Crippen molar-refractivity contribution in [2.75, 3.05) is 4.90 Å². The number of hydrogen-bond donors (Lipinski definition) is 1. The number of nitrogens with zero attached hydrogens (tertiary/aromatic N) is 2. The molecule has 0 unspecified atom stereocenters. The molecule has 0 saturated heterocycles. The average Bonchev–Trinajstić information content (AvgIpc) is 3.20. The summed E-state index contributed by atoms with van der Waals surface area (Å²) < 4.78 is 2.29. The highest BCUT2D eigenvalue weighted by molar-refractivity contribution is 6.24. The van der Waals surface area contributed by atoms with Gasteiger partial charge < -0.3 is 10.0 Å². The predicted octanol–water partition coefficient (Wildman–Crippen LogP) is 6.88. The molecule has 1 aliphatic carbocycles. The molecular weight excluding hydrogens is 444 g/mol. The van der Waals surface area contributed by atoms with Gasteiger partial charge in [0.25, 0.3) is 0 Å². The Bertz CT molecular complexity index is 1410. The van der Waals surface area contributed by atoms with E-state index in [1.807, 2.05) is 12.2 Å². The minimum absolute atomic E-state index is 0.0888. The number of anilines is 1. The Morgan fingerprint density at radius 3 is 2.08 bits per heavy atom. The molecular formula is C32H37N2O2+. The van der Waals surface area contributed by atoms with Crippen LogP contribution < -0.4 is 4.90 Å². The van der Waals surface area contributed by atoms with Gasteiger partial charge in [0, 0.05) is 40.5 Å². The summed E-state index contributed by atoms with van der Waals surface area (Å²) in [6, 6.07) is 17.3. The maximum absolute atomic E-state index is 13.5. The topological polar surface area (TPSA) is 43.5 Å². The van der Waals surface area contributed by atoms with Gasteiger partial charge in [0.1, 0.15) is 5.76 Å². The molecule has 4 heteroatoms. The lowest BCUT2D eigenvalue weighted by atomic mass is 9.77. The van der Waals surface area contributed by atoms with Gasteiger partial charge in [0.05, 0.1) is 16.6 Å².